The molecule has 0 saturated heterocycles. The van der Waals surface area contributed by atoms with Crippen LogP contribution in [0.4, 0.5) is 0 Å². The number of nitrogens with two attached hydrogens (primary N) is 1. The third-order valence-electron chi connectivity index (χ3n) is 7.12. The van der Waals surface area contributed by atoms with Gasteiger partial charge in [-0.25, -0.2) is 5.53 Å². The largest absolute Gasteiger partial charge is 0.481 e. The van der Waals surface area contributed by atoms with Crippen LogP contribution in [0.1, 0.15) is 69.3 Å². The van der Waals surface area contributed by atoms with Gasteiger partial charge >= 0.3 is 0 Å². The van der Waals surface area contributed by atoms with Crippen LogP contribution in [-0.4, -0.2) is 34.8 Å². The van der Waals surface area contributed by atoms with Crippen molar-refractivity contribution in [2.45, 2.75) is 72.1 Å². The molecule has 1 aliphatic rings. The van der Waals surface area contributed by atoms with Gasteiger partial charge in [-0.1, -0.05) is 50.6 Å². The second kappa shape index (κ2) is 12.9. The van der Waals surface area contributed by atoms with Crippen LogP contribution < -0.4 is 15.9 Å². The summed E-state index contributed by atoms with van der Waals surface area (Å²) in [6, 6.07) is 14.1. The van der Waals surface area contributed by atoms with E-state index in [2.05, 4.69) is 36.3 Å². The monoisotopic (exact) mass is 540 g/mol. The average Bonchev–Trinajstić information content (AvgIpc) is 2.89. The maximum atomic E-state index is 13.7. The fraction of sp³-hybridized carbons (Fsp3) is 0.464. The molecule has 2 aromatic rings. The SMILES string of the molecule is CC(Oc1cccc(Cl)c1)C(=O)N(Cc1ccc(C(=O)N/C(N=N)=N/N)cc1)C1CCC(C(C)(C)C)CC1. The minimum atomic E-state index is -0.693. The lowest BCUT2D eigenvalue weighted by Gasteiger charge is -2.41. The first-order chi connectivity index (χ1) is 18.0. The molecule has 1 atom stereocenters. The van der Waals surface area contributed by atoms with Crippen LogP contribution in [0.15, 0.2) is 58.7 Å². The molecule has 3 rings (SSSR count). The number of nitrogens with one attached hydrogen (secondary N) is 2. The minimum absolute atomic E-state index is 0.0909. The maximum absolute atomic E-state index is 13.7. The lowest BCUT2D eigenvalue weighted by molar-refractivity contribution is -0.142. The third kappa shape index (κ3) is 7.77. The number of rotatable bonds is 7. The molecule has 1 unspecified atom stereocenters. The number of nitrogens with zero attached hydrogens (tertiary/aromatic N) is 3. The first-order valence-electron chi connectivity index (χ1n) is 12.8. The highest BCUT2D eigenvalue weighted by Crippen LogP contribution is 2.39. The second-order valence-electron chi connectivity index (χ2n) is 10.8. The highest BCUT2D eigenvalue weighted by molar-refractivity contribution is 6.30. The van der Waals surface area contributed by atoms with E-state index in [1.165, 1.54) is 0 Å². The van der Waals surface area contributed by atoms with Crippen molar-refractivity contribution in [3.63, 3.8) is 0 Å². The van der Waals surface area contributed by atoms with E-state index in [1.807, 2.05) is 17.0 Å². The number of guanidine groups is 1. The zero-order valence-electron chi connectivity index (χ0n) is 22.4. The topological polar surface area (TPSA) is 133 Å². The van der Waals surface area contributed by atoms with Crippen LogP contribution in [0.2, 0.25) is 5.02 Å². The lowest BCUT2D eigenvalue weighted by atomic mass is 9.71. The highest BCUT2D eigenvalue weighted by atomic mass is 35.5. The molecule has 1 saturated carbocycles. The Morgan fingerprint density at radius 2 is 1.82 bits per heavy atom. The molecule has 0 radical (unpaired) electrons. The predicted octanol–water partition coefficient (Wildman–Crippen LogP) is 5.73. The summed E-state index contributed by atoms with van der Waals surface area (Å²) in [6.07, 6.45) is 3.28. The van der Waals surface area contributed by atoms with Crippen molar-refractivity contribution in [1.29, 1.82) is 5.53 Å². The fourth-order valence-electron chi connectivity index (χ4n) is 4.89. The van der Waals surface area contributed by atoms with Crippen molar-refractivity contribution in [2.75, 3.05) is 0 Å². The van der Waals surface area contributed by atoms with E-state index in [-0.39, 0.29) is 23.3 Å². The molecule has 204 valence electrons. The number of benzene rings is 2. The number of carbonyl (C=O) groups excluding carboxylic acids is 2. The summed E-state index contributed by atoms with van der Waals surface area (Å²) in [4.78, 5) is 28.0. The predicted molar refractivity (Wildman–Crippen MR) is 148 cm³/mol. The molecule has 0 aliphatic heterocycles. The van der Waals surface area contributed by atoms with Crippen LogP contribution >= 0.6 is 11.6 Å². The van der Waals surface area contributed by atoms with Gasteiger partial charge in [-0.15, -0.1) is 10.2 Å². The van der Waals surface area contributed by atoms with Crippen molar-refractivity contribution in [3.05, 3.63) is 64.7 Å². The van der Waals surface area contributed by atoms with Crippen molar-refractivity contribution in [2.24, 2.45) is 27.4 Å². The molecule has 2 aromatic carbocycles. The molecule has 0 spiro atoms. The van der Waals surface area contributed by atoms with Crippen molar-refractivity contribution < 1.29 is 14.3 Å². The number of ether oxygens (including phenoxy) is 1. The second-order valence-corrected chi connectivity index (χ2v) is 11.2. The van der Waals surface area contributed by atoms with Gasteiger partial charge in [-0.3, -0.25) is 14.9 Å². The Balaban J connectivity index is 1.77. The molecule has 38 heavy (non-hydrogen) atoms. The van der Waals surface area contributed by atoms with E-state index in [0.29, 0.717) is 28.8 Å². The summed E-state index contributed by atoms with van der Waals surface area (Å²) < 4.78 is 5.98. The van der Waals surface area contributed by atoms with Crippen LogP contribution in [0.3, 0.4) is 0 Å². The third-order valence-corrected chi connectivity index (χ3v) is 7.36. The molecule has 2 amide bonds. The van der Waals surface area contributed by atoms with Gasteiger partial charge in [0.25, 0.3) is 17.8 Å². The molecule has 0 aromatic heterocycles. The number of hydrogen-bond acceptors (Lipinski definition) is 6. The number of hydrazone groups is 1. The van der Waals surface area contributed by atoms with Crippen molar-refractivity contribution in [1.82, 2.24) is 10.2 Å². The van der Waals surface area contributed by atoms with Gasteiger partial charge in [0.1, 0.15) is 5.75 Å². The van der Waals surface area contributed by atoms with E-state index in [9.17, 15) is 9.59 Å². The summed E-state index contributed by atoms with van der Waals surface area (Å²) in [5, 5.41) is 9.20. The Kier molecular flexibility index (Phi) is 9.85. The van der Waals surface area contributed by atoms with E-state index in [1.54, 1.807) is 43.3 Å². The summed E-state index contributed by atoms with van der Waals surface area (Å²) in [5.74, 6) is 5.42. The number of carbonyl (C=O) groups is 2. The first-order valence-corrected chi connectivity index (χ1v) is 13.2. The van der Waals surface area contributed by atoms with Crippen molar-refractivity contribution in [3.8, 4) is 5.75 Å². The number of halogens is 1. The quantitative estimate of drug-likeness (QED) is 0.136. The van der Waals surface area contributed by atoms with E-state index in [4.69, 9.17) is 27.7 Å². The Hall–Kier alpha value is -3.46. The molecule has 1 aliphatic carbocycles. The summed E-state index contributed by atoms with van der Waals surface area (Å²) in [6.45, 7) is 8.99. The Morgan fingerprint density at radius 1 is 1.16 bits per heavy atom. The average molecular weight is 541 g/mol. The van der Waals surface area contributed by atoms with Gasteiger partial charge in [-0.2, -0.15) is 0 Å². The summed E-state index contributed by atoms with van der Waals surface area (Å²) in [5.41, 5.74) is 8.46. The van der Waals surface area contributed by atoms with Crippen molar-refractivity contribution >= 4 is 29.4 Å². The summed E-state index contributed by atoms with van der Waals surface area (Å²) in [7, 11) is 0. The maximum Gasteiger partial charge on any atom is 0.265 e. The molecular formula is C28H37ClN6O3. The molecule has 10 heteroatoms. The van der Waals surface area contributed by atoms with Gasteiger partial charge < -0.3 is 15.5 Å². The van der Waals surface area contributed by atoms with E-state index >= 15 is 0 Å². The molecule has 0 bridgehead atoms. The van der Waals surface area contributed by atoms with Gasteiger partial charge in [0.05, 0.1) is 0 Å². The molecule has 9 nitrogen and oxygen atoms in total. The molecule has 1 fully saturated rings. The number of amides is 2. The Bertz CT molecular complexity index is 1150. The normalized spacial score (nSPS) is 18.8. The van der Waals surface area contributed by atoms with Crippen LogP contribution in [0.5, 0.6) is 5.75 Å². The minimum Gasteiger partial charge on any atom is -0.481 e. The first kappa shape index (κ1) is 29.1. The molecule has 0 heterocycles. The standard InChI is InChI=1S/C28H37ClN6O3/c1-18(38-24-7-5-6-22(29)16-24)26(37)35(23-14-12-21(13-15-23)28(2,3)4)17-19-8-10-20(11-9-19)25(36)32-27(33-30)34-31/h5-11,16,18,21,23,30H,12-15,17,31H2,1-4H3,(H,32,34,36). The van der Waals surface area contributed by atoms with Gasteiger partial charge in [0, 0.05) is 23.2 Å². The Labute approximate surface area is 229 Å². The zero-order valence-corrected chi connectivity index (χ0v) is 23.2. The van der Waals surface area contributed by atoms with Crippen LogP contribution in [0.25, 0.3) is 0 Å². The molecular weight excluding hydrogens is 504 g/mol. The highest BCUT2D eigenvalue weighted by Gasteiger charge is 2.35. The van der Waals surface area contributed by atoms with Gasteiger partial charge in [-0.05, 0) is 79.8 Å². The Morgan fingerprint density at radius 3 is 2.37 bits per heavy atom. The van der Waals surface area contributed by atoms with E-state index in [0.717, 1.165) is 31.2 Å². The van der Waals surface area contributed by atoms with Crippen LogP contribution in [-0.2, 0) is 11.3 Å². The van der Waals surface area contributed by atoms with Crippen LogP contribution in [0, 0.1) is 16.9 Å². The van der Waals surface area contributed by atoms with Gasteiger partial charge in [0.2, 0.25) is 0 Å². The fourth-order valence-corrected chi connectivity index (χ4v) is 5.07. The zero-order chi connectivity index (χ0) is 27.9. The van der Waals surface area contributed by atoms with Gasteiger partial charge in [0.15, 0.2) is 6.10 Å². The van der Waals surface area contributed by atoms with E-state index < -0.39 is 12.0 Å². The lowest BCUT2D eigenvalue weighted by Crippen LogP contribution is -2.47. The summed E-state index contributed by atoms with van der Waals surface area (Å²) >= 11 is 6.10. The number of hydrogen-bond donors (Lipinski definition) is 3. The smallest absolute Gasteiger partial charge is 0.265 e. The molecule has 4 N–H and O–H groups in total.